The number of anilines is 1. The molecule has 0 spiro atoms. The van der Waals surface area contributed by atoms with E-state index in [1.54, 1.807) is 13.0 Å². The predicted octanol–water partition coefficient (Wildman–Crippen LogP) is 3.47. The normalized spacial score (nSPS) is 19.8. The largest absolute Gasteiger partial charge is 0.455 e. The van der Waals surface area contributed by atoms with Gasteiger partial charge in [-0.05, 0) is 50.1 Å². The van der Waals surface area contributed by atoms with Gasteiger partial charge in [-0.2, -0.15) is 0 Å². The van der Waals surface area contributed by atoms with Crippen LogP contribution in [-0.4, -0.2) is 90.9 Å². The van der Waals surface area contributed by atoms with Crippen molar-refractivity contribution in [1.29, 1.82) is 0 Å². The maximum absolute atomic E-state index is 13.6. The molecule has 44 heavy (non-hydrogen) atoms. The van der Waals surface area contributed by atoms with E-state index in [2.05, 4.69) is 5.32 Å². The van der Waals surface area contributed by atoms with Gasteiger partial charge in [-0.15, -0.1) is 0 Å². The summed E-state index contributed by atoms with van der Waals surface area (Å²) in [6.07, 6.45) is -0.805. The average molecular weight is 652 g/mol. The molecular weight excluding hydrogens is 617 g/mol. The number of benzene rings is 2. The second kappa shape index (κ2) is 12.0. The van der Waals surface area contributed by atoms with Gasteiger partial charge in [0.15, 0.2) is 9.84 Å². The van der Waals surface area contributed by atoms with E-state index >= 15 is 0 Å². The molecule has 3 aromatic rings. The molecule has 2 aromatic carbocycles. The molecule has 3 heterocycles. The number of halogens is 1. The average Bonchev–Trinajstić information content (AvgIpc) is 3.29. The zero-order valence-electron chi connectivity index (χ0n) is 24.7. The number of carbonyl (C=O) groups is 2. The van der Waals surface area contributed by atoms with E-state index in [1.807, 2.05) is 0 Å². The van der Waals surface area contributed by atoms with Crippen LogP contribution in [0.5, 0.6) is 0 Å². The lowest BCUT2D eigenvalue weighted by Crippen LogP contribution is -2.45. The zero-order valence-corrected chi connectivity index (χ0v) is 26.3. The second-order valence-corrected chi connectivity index (χ2v) is 15.2. The van der Waals surface area contributed by atoms with E-state index in [4.69, 9.17) is 13.9 Å². The minimum absolute atomic E-state index is 0.177. The van der Waals surface area contributed by atoms with Gasteiger partial charge in [-0.3, -0.25) is 9.10 Å². The summed E-state index contributed by atoms with van der Waals surface area (Å²) >= 11 is 0. The first-order valence-corrected chi connectivity index (χ1v) is 17.6. The van der Waals surface area contributed by atoms with Gasteiger partial charge in [0, 0.05) is 42.7 Å². The molecule has 0 aliphatic carbocycles. The van der Waals surface area contributed by atoms with Gasteiger partial charge in [0.1, 0.15) is 17.2 Å². The number of amides is 2. The Morgan fingerprint density at radius 1 is 1.09 bits per heavy atom. The highest BCUT2D eigenvalue weighted by Gasteiger charge is 2.39. The third-order valence-electron chi connectivity index (χ3n) is 8.07. The summed E-state index contributed by atoms with van der Waals surface area (Å²) in [6, 6.07) is 8.55. The number of likely N-dealkylation sites (tertiary alicyclic amines) is 1. The van der Waals surface area contributed by atoms with Gasteiger partial charge in [0.25, 0.3) is 5.91 Å². The molecule has 2 atom stereocenters. The lowest BCUT2D eigenvalue weighted by molar-refractivity contribution is 0.0191. The van der Waals surface area contributed by atoms with Crippen LogP contribution in [0.15, 0.2) is 40.8 Å². The highest BCUT2D eigenvalue weighted by atomic mass is 32.2. The molecule has 5 rings (SSSR count). The highest BCUT2D eigenvalue weighted by molar-refractivity contribution is 7.92. The van der Waals surface area contributed by atoms with Crippen LogP contribution < -0.4 is 9.62 Å². The van der Waals surface area contributed by atoms with Gasteiger partial charge in [0.05, 0.1) is 54.4 Å². The summed E-state index contributed by atoms with van der Waals surface area (Å²) in [5, 5.41) is 2.25. The SMILES string of the molecule is CNC(=O)c1c(-c2ccc(F)cc2)oc2cc3c(cc12)[C@H](C)O[C@H](CS(=O)(=O)C1CCN(C(=O)OC)CC1)CN3S(C)(=O)=O. The number of ether oxygens (including phenoxy) is 2. The van der Waals surface area contributed by atoms with Crippen molar-refractivity contribution in [1.82, 2.24) is 10.2 Å². The van der Waals surface area contributed by atoms with E-state index < -0.39 is 60.9 Å². The number of carbonyl (C=O) groups excluding carboxylic acids is 2. The summed E-state index contributed by atoms with van der Waals surface area (Å²) in [6.45, 7) is 1.87. The summed E-state index contributed by atoms with van der Waals surface area (Å²) in [4.78, 5) is 26.3. The fourth-order valence-electron chi connectivity index (χ4n) is 5.86. The number of hydrogen-bond donors (Lipinski definition) is 1. The molecule has 1 N–H and O–H groups in total. The van der Waals surface area contributed by atoms with Crippen molar-refractivity contribution in [2.45, 2.75) is 37.2 Å². The molecular formula is C29H34FN3O9S2. The number of furan rings is 1. The third kappa shape index (κ3) is 6.13. The number of hydrogen-bond acceptors (Lipinski definition) is 9. The summed E-state index contributed by atoms with van der Waals surface area (Å²) in [5.41, 5.74) is 1.50. The standard InChI is InChI=1S/C29H34FN3O9S2/c1-17-22-13-23-25(42-27(26(23)28(34)31-2)18-5-7-19(30)8-6-18)14-24(22)33(43(4,36)37)15-20(41-17)16-44(38,39)21-9-11-32(12-10-21)29(35)40-3/h5-8,13-14,17,20-21H,9-12,15-16H2,1-4H3,(H,31,34)/t17-,20-/m0/s1. The molecule has 2 aliphatic heterocycles. The number of rotatable bonds is 6. The summed E-state index contributed by atoms with van der Waals surface area (Å²) in [7, 11) is -4.95. The first kappa shape index (κ1) is 31.7. The lowest BCUT2D eigenvalue weighted by atomic mass is 10.0. The molecule has 0 bridgehead atoms. The number of piperidine rings is 1. The zero-order chi connectivity index (χ0) is 32.0. The van der Waals surface area contributed by atoms with Crippen LogP contribution in [0.4, 0.5) is 14.9 Å². The molecule has 1 saturated heterocycles. The molecule has 238 valence electrons. The highest BCUT2D eigenvalue weighted by Crippen LogP contribution is 2.42. The van der Waals surface area contributed by atoms with E-state index in [-0.39, 0.29) is 55.1 Å². The van der Waals surface area contributed by atoms with Gasteiger partial charge >= 0.3 is 6.09 Å². The third-order valence-corrected chi connectivity index (χ3v) is 11.5. The first-order valence-electron chi connectivity index (χ1n) is 14.0. The molecule has 1 aromatic heterocycles. The smallest absolute Gasteiger partial charge is 0.409 e. The fraction of sp³-hybridized carbons (Fsp3) is 0.448. The number of sulfone groups is 1. The number of nitrogens with one attached hydrogen (secondary N) is 1. The summed E-state index contributed by atoms with van der Waals surface area (Å²) in [5.74, 6) is -1.17. The Balaban J connectivity index is 1.51. The molecule has 15 heteroatoms. The van der Waals surface area contributed by atoms with E-state index in [1.165, 1.54) is 49.4 Å². The van der Waals surface area contributed by atoms with Crippen LogP contribution in [0.2, 0.25) is 0 Å². The molecule has 0 saturated carbocycles. The predicted molar refractivity (Wildman–Crippen MR) is 161 cm³/mol. The number of methoxy groups -OCH3 is 1. The Bertz CT molecular complexity index is 1800. The molecule has 2 amide bonds. The maximum atomic E-state index is 13.6. The van der Waals surface area contributed by atoms with Crippen molar-refractivity contribution in [2.75, 3.05) is 50.1 Å². The molecule has 0 radical (unpaired) electrons. The number of fused-ring (bicyclic) bond motifs is 2. The van der Waals surface area contributed by atoms with Gasteiger partial charge in [-0.25, -0.2) is 26.0 Å². The Labute approximate surface area is 255 Å². The van der Waals surface area contributed by atoms with Crippen LogP contribution in [-0.2, 0) is 29.3 Å². The van der Waals surface area contributed by atoms with Crippen molar-refractivity contribution >= 4 is 48.5 Å². The Morgan fingerprint density at radius 2 is 1.75 bits per heavy atom. The molecule has 2 aliphatic rings. The van der Waals surface area contributed by atoms with Crippen molar-refractivity contribution in [3.8, 4) is 11.3 Å². The molecule has 0 unspecified atom stereocenters. The second-order valence-electron chi connectivity index (χ2n) is 11.0. The lowest BCUT2D eigenvalue weighted by Gasteiger charge is -2.32. The summed E-state index contributed by atoms with van der Waals surface area (Å²) < 4.78 is 84.9. The van der Waals surface area contributed by atoms with Crippen molar-refractivity contribution in [3.05, 3.63) is 53.3 Å². The topological polar surface area (TPSA) is 153 Å². The van der Waals surface area contributed by atoms with Crippen LogP contribution >= 0.6 is 0 Å². The van der Waals surface area contributed by atoms with Crippen LogP contribution in [0.3, 0.4) is 0 Å². The van der Waals surface area contributed by atoms with Gasteiger partial charge < -0.3 is 24.1 Å². The van der Waals surface area contributed by atoms with E-state index in [0.717, 1.165) is 10.6 Å². The van der Waals surface area contributed by atoms with Crippen molar-refractivity contribution < 1.29 is 44.7 Å². The van der Waals surface area contributed by atoms with E-state index in [9.17, 15) is 30.8 Å². The van der Waals surface area contributed by atoms with Gasteiger partial charge in [-0.1, -0.05) is 0 Å². The molecule has 1 fully saturated rings. The monoisotopic (exact) mass is 651 g/mol. The minimum atomic E-state index is -3.93. The van der Waals surface area contributed by atoms with E-state index in [0.29, 0.717) is 16.5 Å². The maximum Gasteiger partial charge on any atom is 0.409 e. The van der Waals surface area contributed by atoms with Crippen LogP contribution in [0, 0.1) is 5.82 Å². The number of sulfonamides is 1. The number of nitrogens with zero attached hydrogens (tertiary/aromatic N) is 2. The Morgan fingerprint density at radius 3 is 2.34 bits per heavy atom. The van der Waals surface area contributed by atoms with Crippen molar-refractivity contribution in [2.24, 2.45) is 0 Å². The Kier molecular flexibility index (Phi) is 8.66. The van der Waals surface area contributed by atoms with Crippen molar-refractivity contribution in [3.63, 3.8) is 0 Å². The van der Waals surface area contributed by atoms with Gasteiger partial charge in [0.2, 0.25) is 10.0 Å². The minimum Gasteiger partial charge on any atom is -0.455 e. The van der Waals surface area contributed by atoms with Crippen LogP contribution in [0.25, 0.3) is 22.3 Å². The first-order chi connectivity index (χ1) is 20.7. The van der Waals surface area contributed by atoms with Crippen LogP contribution in [0.1, 0.15) is 41.8 Å². The molecule has 12 nitrogen and oxygen atoms in total. The fourth-order valence-corrected chi connectivity index (χ4v) is 8.72. The quantitative estimate of drug-likeness (QED) is 0.422. The Hall–Kier alpha value is -3.69.